The zero-order valence-corrected chi connectivity index (χ0v) is 11.9. The van der Waals surface area contributed by atoms with Crippen LogP contribution in [0.1, 0.15) is 21.7 Å². The van der Waals surface area contributed by atoms with E-state index in [1.165, 1.54) is 6.33 Å². The molecular weight excluding hydrogens is 285 g/mol. The monoisotopic (exact) mass is 295 g/mol. The Morgan fingerprint density at radius 3 is 2.37 bits per heavy atom. The van der Waals surface area contributed by atoms with Gasteiger partial charge in [0.1, 0.15) is 6.33 Å². The second-order valence-electron chi connectivity index (χ2n) is 4.00. The van der Waals surface area contributed by atoms with Crippen molar-refractivity contribution >= 4 is 34.8 Å². The van der Waals surface area contributed by atoms with Gasteiger partial charge in [-0.3, -0.25) is 4.79 Å². The first-order chi connectivity index (χ1) is 8.99. The molecule has 1 N–H and O–H groups in total. The normalized spacial score (nSPS) is 10.3. The predicted molar refractivity (Wildman–Crippen MR) is 75.9 cm³/mol. The number of halogens is 2. The summed E-state index contributed by atoms with van der Waals surface area (Å²) in [4.78, 5) is 20.2. The highest BCUT2D eigenvalue weighted by molar-refractivity contribution is 6.36. The van der Waals surface area contributed by atoms with Gasteiger partial charge >= 0.3 is 0 Å². The number of nitrogens with one attached hydrogen (secondary N) is 1. The minimum absolute atomic E-state index is 0.292. The lowest BCUT2D eigenvalue weighted by molar-refractivity contribution is 0.102. The summed E-state index contributed by atoms with van der Waals surface area (Å²) in [5.41, 5.74) is 2.19. The number of carbonyl (C=O) groups excluding carboxylic acids is 1. The summed E-state index contributed by atoms with van der Waals surface area (Å²) >= 11 is 11.8. The van der Waals surface area contributed by atoms with Crippen molar-refractivity contribution in [3.8, 4) is 0 Å². The first kappa shape index (κ1) is 13.8. The van der Waals surface area contributed by atoms with Gasteiger partial charge in [0, 0.05) is 5.02 Å². The van der Waals surface area contributed by atoms with Crippen molar-refractivity contribution in [1.29, 1.82) is 0 Å². The maximum absolute atomic E-state index is 12.2. The fourth-order valence-corrected chi connectivity index (χ4v) is 2.15. The highest BCUT2D eigenvalue weighted by Gasteiger charge is 2.15. The quantitative estimate of drug-likeness (QED) is 0.920. The van der Waals surface area contributed by atoms with E-state index < -0.39 is 0 Å². The Labute approximate surface area is 120 Å². The van der Waals surface area contributed by atoms with Crippen LogP contribution in [-0.2, 0) is 0 Å². The number of carbonyl (C=O) groups is 1. The molecule has 0 aliphatic carbocycles. The van der Waals surface area contributed by atoms with Crippen molar-refractivity contribution in [2.75, 3.05) is 5.32 Å². The molecule has 19 heavy (non-hydrogen) atoms. The summed E-state index contributed by atoms with van der Waals surface area (Å²) in [6.07, 6.45) is 1.43. The second-order valence-corrected chi connectivity index (χ2v) is 4.84. The van der Waals surface area contributed by atoms with Gasteiger partial charge in [-0.2, -0.15) is 0 Å². The number of rotatable bonds is 2. The minimum Gasteiger partial charge on any atom is -0.321 e. The van der Waals surface area contributed by atoms with Crippen LogP contribution in [0.4, 0.5) is 5.69 Å². The first-order valence-electron chi connectivity index (χ1n) is 5.53. The molecule has 0 saturated heterocycles. The molecule has 6 heteroatoms. The van der Waals surface area contributed by atoms with Crippen LogP contribution in [-0.4, -0.2) is 15.9 Å². The molecule has 2 rings (SSSR count). The number of aromatic nitrogens is 2. The van der Waals surface area contributed by atoms with Crippen molar-refractivity contribution in [2.24, 2.45) is 0 Å². The Bertz CT molecular complexity index is 624. The molecule has 2 aromatic rings. The molecule has 0 saturated carbocycles. The number of hydrogen-bond acceptors (Lipinski definition) is 3. The molecule has 0 aliphatic heterocycles. The first-order valence-corrected chi connectivity index (χ1v) is 6.29. The zero-order valence-electron chi connectivity index (χ0n) is 10.4. The van der Waals surface area contributed by atoms with E-state index in [1.54, 1.807) is 32.0 Å². The SMILES string of the molecule is Cc1ncnc(C)c1C(=O)Nc1ccc(Cl)cc1Cl. The summed E-state index contributed by atoms with van der Waals surface area (Å²) in [6, 6.07) is 4.88. The maximum Gasteiger partial charge on any atom is 0.259 e. The largest absolute Gasteiger partial charge is 0.321 e. The van der Waals surface area contributed by atoms with Crippen LogP contribution in [0.25, 0.3) is 0 Å². The third kappa shape index (κ3) is 3.03. The van der Waals surface area contributed by atoms with E-state index in [0.717, 1.165) is 0 Å². The lowest BCUT2D eigenvalue weighted by atomic mass is 10.1. The van der Waals surface area contributed by atoms with E-state index in [0.29, 0.717) is 32.7 Å². The van der Waals surface area contributed by atoms with E-state index in [-0.39, 0.29) is 5.91 Å². The van der Waals surface area contributed by atoms with Crippen LogP contribution in [0.15, 0.2) is 24.5 Å². The predicted octanol–water partition coefficient (Wildman–Crippen LogP) is 3.65. The average Bonchev–Trinajstić information content (AvgIpc) is 2.32. The van der Waals surface area contributed by atoms with E-state index in [2.05, 4.69) is 15.3 Å². The van der Waals surface area contributed by atoms with Crippen molar-refractivity contribution in [1.82, 2.24) is 9.97 Å². The molecule has 0 radical (unpaired) electrons. The van der Waals surface area contributed by atoms with Crippen LogP contribution in [0.3, 0.4) is 0 Å². The van der Waals surface area contributed by atoms with Gasteiger partial charge in [-0.05, 0) is 32.0 Å². The summed E-state index contributed by atoms with van der Waals surface area (Å²) in [5, 5.41) is 3.62. The molecule has 98 valence electrons. The molecule has 1 heterocycles. The number of amides is 1. The Hall–Kier alpha value is -1.65. The van der Waals surface area contributed by atoms with E-state index in [1.807, 2.05) is 0 Å². The van der Waals surface area contributed by atoms with Gasteiger partial charge in [-0.25, -0.2) is 9.97 Å². The number of hydrogen-bond donors (Lipinski definition) is 1. The average molecular weight is 296 g/mol. The number of nitrogens with zero attached hydrogens (tertiary/aromatic N) is 2. The van der Waals surface area contributed by atoms with Crippen LogP contribution >= 0.6 is 23.2 Å². The molecule has 0 fully saturated rings. The van der Waals surface area contributed by atoms with Gasteiger partial charge in [0.2, 0.25) is 0 Å². The van der Waals surface area contributed by atoms with Gasteiger partial charge in [0.25, 0.3) is 5.91 Å². The van der Waals surface area contributed by atoms with E-state index >= 15 is 0 Å². The lowest BCUT2D eigenvalue weighted by Crippen LogP contribution is -2.16. The molecule has 1 amide bonds. The lowest BCUT2D eigenvalue weighted by Gasteiger charge is -2.10. The van der Waals surface area contributed by atoms with Crippen LogP contribution < -0.4 is 5.32 Å². The summed E-state index contributed by atoms with van der Waals surface area (Å²) in [7, 11) is 0. The molecular formula is C13H11Cl2N3O. The molecule has 0 aliphatic rings. The van der Waals surface area contributed by atoms with Gasteiger partial charge in [-0.15, -0.1) is 0 Å². The number of aryl methyl sites for hydroxylation is 2. The molecule has 0 atom stereocenters. The third-order valence-electron chi connectivity index (χ3n) is 2.63. The minimum atomic E-state index is -0.292. The highest BCUT2D eigenvalue weighted by atomic mass is 35.5. The Balaban J connectivity index is 2.31. The van der Waals surface area contributed by atoms with Crippen molar-refractivity contribution in [3.63, 3.8) is 0 Å². The molecule has 0 spiro atoms. The number of benzene rings is 1. The van der Waals surface area contributed by atoms with E-state index in [9.17, 15) is 4.79 Å². The van der Waals surface area contributed by atoms with Crippen LogP contribution in [0, 0.1) is 13.8 Å². The molecule has 1 aromatic carbocycles. The van der Waals surface area contributed by atoms with Crippen molar-refractivity contribution in [2.45, 2.75) is 13.8 Å². The molecule has 1 aromatic heterocycles. The molecule has 0 unspecified atom stereocenters. The number of anilines is 1. The van der Waals surface area contributed by atoms with Crippen molar-refractivity contribution in [3.05, 3.63) is 51.5 Å². The van der Waals surface area contributed by atoms with Gasteiger partial charge in [-0.1, -0.05) is 23.2 Å². The summed E-state index contributed by atoms with van der Waals surface area (Å²) < 4.78 is 0. The third-order valence-corrected chi connectivity index (χ3v) is 3.18. The Kier molecular flexibility index (Phi) is 4.02. The Morgan fingerprint density at radius 1 is 1.16 bits per heavy atom. The fourth-order valence-electron chi connectivity index (χ4n) is 1.70. The fraction of sp³-hybridized carbons (Fsp3) is 0.154. The smallest absolute Gasteiger partial charge is 0.259 e. The maximum atomic E-state index is 12.2. The standard InChI is InChI=1S/C13H11Cl2N3O/c1-7-12(8(2)17-6-16-7)13(19)18-11-4-3-9(14)5-10(11)15/h3-6H,1-2H3,(H,18,19). The van der Waals surface area contributed by atoms with Crippen LogP contribution in [0.2, 0.25) is 10.0 Å². The van der Waals surface area contributed by atoms with Crippen molar-refractivity contribution < 1.29 is 4.79 Å². The summed E-state index contributed by atoms with van der Waals surface area (Å²) in [5.74, 6) is -0.292. The van der Waals surface area contributed by atoms with Crippen LogP contribution in [0.5, 0.6) is 0 Å². The van der Waals surface area contributed by atoms with E-state index in [4.69, 9.17) is 23.2 Å². The Morgan fingerprint density at radius 2 is 1.79 bits per heavy atom. The molecule has 0 bridgehead atoms. The van der Waals surface area contributed by atoms with Gasteiger partial charge in [0.05, 0.1) is 27.7 Å². The highest BCUT2D eigenvalue weighted by Crippen LogP contribution is 2.26. The van der Waals surface area contributed by atoms with Gasteiger partial charge < -0.3 is 5.32 Å². The zero-order chi connectivity index (χ0) is 14.0. The summed E-state index contributed by atoms with van der Waals surface area (Å²) in [6.45, 7) is 3.51. The molecule has 4 nitrogen and oxygen atoms in total. The van der Waals surface area contributed by atoms with Gasteiger partial charge in [0.15, 0.2) is 0 Å². The second kappa shape index (κ2) is 5.55. The topological polar surface area (TPSA) is 54.9 Å².